The lowest BCUT2D eigenvalue weighted by Crippen LogP contribution is -2.45. The molecule has 0 amide bonds. The fourth-order valence-corrected chi connectivity index (χ4v) is 1.40. The number of hydrogen-bond acceptors (Lipinski definition) is 2. The van der Waals surface area contributed by atoms with Gasteiger partial charge in [0.2, 0.25) is 0 Å². The van der Waals surface area contributed by atoms with Crippen LogP contribution in [-0.2, 0) is 4.74 Å². The van der Waals surface area contributed by atoms with E-state index in [1.165, 1.54) is 13.1 Å². The summed E-state index contributed by atoms with van der Waals surface area (Å²) in [5, 5.41) is 0. The van der Waals surface area contributed by atoms with Gasteiger partial charge in [0.15, 0.2) is 0 Å². The fraction of sp³-hybridized carbons (Fsp3) is 1.00. The van der Waals surface area contributed by atoms with Gasteiger partial charge in [-0.05, 0) is 13.0 Å². The van der Waals surface area contributed by atoms with Crippen molar-refractivity contribution in [2.75, 3.05) is 33.4 Å². The molecule has 0 N–H and O–H groups in total. The number of hydrogen-bond donors (Lipinski definition) is 0. The van der Waals surface area contributed by atoms with Gasteiger partial charge in [-0.25, -0.2) is 0 Å². The van der Waals surface area contributed by atoms with Crippen LogP contribution in [-0.4, -0.2) is 38.3 Å². The maximum atomic E-state index is 5.52. The Morgan fingerprint density at radius 3 is 2.55 bits per heavy atom. The summed E-state index contributed by atoms with van der Waals surface area (Å²) in [5.74, 6) is 1.48. The number of likely N-dealkylation sites (tertiary alicyclic amines) is 1. The van der Waals surface area contributed by atoms with Gasteiger partial charge in [-0.2, -0.15) is 0 Å². The summed E-state index contributed by atoms with van der Waals surface area (Å²) < 4.78 is 5.52. The summed E-state index contributed by atoms with van der Waals surface area (Å²) in [4.78, 5) is 2.32. The zero-order chi connectivity index (χ0) is 8.27. The molecule has 1 fully saturated rings. The molecule has 0 spiro atoms. The highest BCUT2D eigenvalue weighted by atomic mass is 16.5. The molecule has 0 saturated carbocycles. The molecule has 1 heterocycles. The van der Waals surface area contributed by atoms with E-state index in [4.69, 9.17) is 4.74 Å². The molecule has 0 bridgehead atoms. The van der Waals surface area contributed by atoms with Crippen molar-refractivity contribution in [3.63, 3.8) is 0 Å². The molecular weight excluding hydrogens is 138 g/mol. The van der Waals surface area contributed by atoms with Gasteiger partial charge in [0.1, 0.15) is 0 Å². The average Bonchev–Trinajstić information content (AvgIpc) is 1.83. The van der Waals surface area contributed by atoms with Crippen molar-refractivity contribution in [1.29, 1.82) is 0 Å². The Morgan fingerprint density at radius 1 is 1.45 bits per heavy atom. The molecular formula is C9H19NO. The summed E-state index contributed by atoms with van der Waals surface area (Å²) in [5.41, 5.74) is 0. The van der Waals surface area contributed by atoms with Gasteiger partial charge in [0, 0.05) is 25.6 Å². The molecule has 1 saturated heterocycles. The summed E-state index contributed by atoms with van der Waals surface area (Å²) in [6.45, 7) is 8.69. The predicted molar refractivity (Wildman–Crippen MR) is 46.6 cm³/mol. The van der Waals surface area contributed by atoms with Crippen molar-refractivity contribution in [2.45, 2.75) is 13.8 Å². The van der Waals surface area contributed by atoms with Gasteiger partial charge in [-0.15, -0.1) is 0 Å². The van der Waals surface area contributed by atoms with E-state index in [0.717, 1.165) is 19.1 Å². The molecule has 11 heavy (non-hydrogen) atoms. The SMILES string of the molecule is CC(C)COCC1CN(C)C1. The third-order valence-electron chi connectivity index (χ3n) is 1.94. The van der Waals surface area contributed by atoms with Crippen molar-refractivity contribution in [1.82, 2.24) is 4.90 Å². The molecule has 0 aliphatic carbocycles. The monoisotopic (exact) mass is 157 g/mol. The third-order valence-corrected chi connectivity index (χ3v) is 1.94. The molecule has 0 aromatic rings. The topological polar surface area (TPSA) is 12.5 Å². The second-order valence-corrected chi connectivity index (χ2v) is 4.02. The lowest BCUT2D eigenvalue weighted by Gasteiger charge is -2.35. The Balaban J connectivity index is 1.89. The van der Waals surface area contributed by atoms with Crippen molar-refractivity contribution in [3.05, 3.63) is 0 Å². The highest BCUT2D eigenvalue weighted by Gasteiger charge is 2.22. The molecule has 1 aliphatic heterocycles. The zero-order valence-corrected chi connectivity index (χ0v) is 7.84. The van der Waals surface area contributed by atoms with Gasteiger partial charge in [0.25, 0.3) is 0 Å². The van der Waals surface area contributed by atoms with Crippen LogP contribution in [0.15, 0.2) is 0 Å². The average molecular weight is 157 g/mol. The molecule has 0 aromatic carbocycles. The van der Waals surface area contributed by atoms with Gasteiger partial charge >= 0.3 is 0 Å². The molecule has 2 nitrogen and oxygen atoms in total. The number of ether oxygens (including phenoxy) is 1. The molecule has 0 atom stereocenters. The highest BCUT2D eigenvalue weighted by Crippen LogP contribution is 2.12. The Kier molecular flexibility index (Phi) is 3.34. The van der Waals surface area contributed by atoms with Gasteiger partial charge in [0.05, 0.1) is 6.61 Å². The molecule has 2 heteroatoms. The fourth-order valence-electron chi connectivity index (χ4n) is 1.40. The van der Waals surface area contributed by atoms with Crippen LogP contribution >= 0.6 is 0 Å². The van der Waals surface area contributed by atoms with E-state index in [2.05, 4.69) is 25.8 Å². The molecule has 1 aliphatic rings. The summed E-state index contributed by atoms with van der Waals surface area (Å²) in [6, 6.07) is 0. The quantitative estimate of drug-likeness (QED) is 0.608. The molecule has 66 valence electrons. The summed E-state index contributed by atoms with van der Waals surface area (Å²) in [6.07, 6.45) is 0. The second kappa shape index (κ2) is 4.07. The van der Waals surface area contributed by atoms with Gasteiger partial charge in [-0.1, -0.05) is 13.8 Å². The standard InChI is InChI=1S/C9H19NO/c1-8(2)6-11-7-9-4-10(3)5-9/h8-9H,4-7H2,1-3H3. The van der Waals surface area contributed by atoms with Gasteiger partial charge in [-0.3, -0.25) is 0 Å². The first-order valence-electron chi connectivity index (χ1n) is 4.44. The lowest BCUT2D eigenvalue weighted by atomic mass is 10.0. The van der Waals surface area contributed by atoms with E-state index in [1.54, 1.807) is 0 Å². The van der Waals surface area contributed by atoms with Crippen molar-refractivity contribution >= 4 is 0 Å². The maximum absolute atomic E-state index is 5.52. The number of nitrogens with zero attached hydrogens (tertiary/aromatic N) is 1. The molecule has 0 radical (unpaired) electrons. The van der Waals surface area contributed by atoms with Gasteiger partial charge < -0.3 is 9.64 Å². The minimum atomic E-state index is 0.674. The summed E-state index contributed by atoms with van der Waals surface area (Å²) in [7, 11) is 2.15. The Morgan fingerprint density at radius 2 is 2.09 bits per heavy atom. The Labute approximate surface area is 69.5 Å². The van der Waals surface area contributed by atoms with Crippen molar-refractivity contribution < 1.29 is 4.74 Å². The zero-order valence-electron chi connectivity index (χ0n) is 7.84. The van der Waals surface area contributed by atoms with E-state index in [1.807, 2.05) is 0 Å². The van der Waals surface area contributed by atoms with E-state index < -0.39 is 0 Å². The molecule has 0 unspecified atom stereocenters. The smallest absolute Gasteiger partial charge is 0.0518 e. The van der Waals surface area contributed by atoms with E-state index >= 15 is 0 Å². The first-order valence-corrected chi connectivity index (χ1v) is 4.44. The van der Waals surface area contributed by atoms with E-state index in [-0.39, 0.29) is 0 Å². The predicted octanol–water partition coefficient (Wildman–Crippen LogP) is 1.22. The highest BCUT2D eigenvalue weighted by molar-refractivity contribution is 4.75. The molecule has 0 aromatic heterocycles. The molecule has 1 rings (SSSR count). The van der Waals surface area contributed by atoms with Crippen LogP contribution < -0.4 is 0 Å². The minimum Gasteiger partial charge on any atom is -0.381 e. The van der Waals surface area contributed by atoms with Crippen LogP contribution in [0, 0.1) is 11.8 Å². The minimum absolute atomic E-state index is 0.674. The lowest BCUT2D eigenvalue weighted by molar-refractivity contribution is 0.0182. The van der Waals surface area contributed by atoms with Crippen LogP contribution in [0.3, 0.4) is 0 Å². The maximum Gasteiger partial charge on any atom is 0.0518 e. The van der Waals surface area contributed by atoms with Crippen molar-refractivity contribution in [2.24, 2.45) is 11.8 Å². The third kappa shape index (κ3) is 3.21. The number of rotatable bonds is 4. The Hall–Kier alpha value is -0.0800. The first-order chi connectivity index (χ1) is 5.18. The van der Waals surface area contributed by atoms with E-state index in [0.29, 0.717) is 5.92 Å². The van der Waals surface area contributed by atoms with Crippen LogP contribution in [0.4, 0.5) is 0 Å². The van der Waals surface area contributed by atoms with E-state index in [9.17, 15) is 0 Å². The Bertz CT molecular complexity index is 108. The normalized spacial score (nSPS) is 20.7. The first kappa shape index (κ1) is 9.01. The largest absolute Gasteiger partial charge is 0.381 e. The van der Waals surface area contributed by atoms with Crippen LogP contribution in [0.5, 0.6) is 0 Å². The van der Waals surface area contributed by atoms with Crippen LogP contribution in [0.2, 0.25) is 0 Å². The van der Waals surface area contributed by atoms with Crippen LogP contribution in [0.1, 0.15) is 13.8 Å². The summed E-state index contributed by atoms with van der Waals surface area (Å²) >= 11 is 0. The van der Waals surface area contributed by atoms with Crippen LogP contribution in [0.25, 0.3) is 0 Å². The van der Waals surface area contributed by atoms with Crippen molar-refractivity contribution in [3.8, 4) is 0 Å². The second-order valence-electron chi connectivity index (χ2n) is 4.02.